The molecule has 0 aromatic heterocycles. The van der Waals surface area contributed by atoms with Gasteiger partial charge in [-0.1, -0.05) is 48.9 Å². The normalized spacial score (nSPS) is 21.4. The highest BCUT2D eigenvalue weighted by molar-refractivity contribution is 6.43. The minimum absolute atomic E-state index is 0.238. The van der Waals surface area contributed by atoms with Gasteiger partial charge in [0.1, 0.15) is 10.9 Å². The summed E-state index contributed by atoms with van der Waals surface area (Å²) in [6.45, 7) is 4.86. The molecule has 2 heterocycles. The summed E-state index contributed by atoms with van der Waals surface area (Å²) in [7, 11) is 0. The molecule has 30 heavy (non-hydrogen) atoms. The van der Waals surface area contributed by atoms with Gasteiger partial charge >= 0.3 is 0 Å². The molecule has 1 N–H and O–H groups in total. The number of allylic oxidation sites excluding steroid dienone is 1. The Morgan fingerprint density at radius 3 is 2.60 bits per heavy atom. The Morgan fingerprint density at radius 1 is 1.23 bits per heavy atom. The van der Waals surface area contributed by atoms with Crippen LogP contribution in [0.4, 0.5) is 0 Å². The molecule has 2 aliphatic rings. The van der Waals surface area contributed by atoms with E-state index in [4.69, 9.17) is 16.3 Å². The van der Waals surface area contributed by atoms with Gasteiger partial charge in [-0.15, -0.1) is 0 Å². The van der Waals surface area contributed by atoms with Crippen molar-refractivity contribution >= 4 is 34.9 Å². The molecule has 1 fully saturated rings. The summed E-state index contributed by atoms with van der Waals surface area (Å²) in [5, 5.41) is 3.37. The zero-order chi connectivity index (χ0) is 21.7. The fraction of sp³-hybridized carbons (Fsp3) is 0.455. The lowest BCUT2D eigenvalue weighted by Crippen LogP contribution is -2.58. The van der Waals surface area contributed by atoms with Crippen LogP contribution in [0.3, 0.4) is 0 Å². The standard InChI is InChI=1S/C22H26ClN3O4/c1-3-14-12-17(24-20(14)23)21(28)25-16-10-11-26(13-18(16)30-4-2)22(29)19(27)15-8-6-5-7-9-15/h5-9,16,18H,3-4,10-13H2,1-2H3,(H,25,28)/t16-,18+/m1/s1. The van der Waals surface area contributed by atoms with Crippen molar-refractivity contribution < 1.29 is 19.1 Å². The highest BCUT2D eigenvalue weighted by Crippen LogP contribution is 2.25. The summed E-state index contributed by atoms with van der Waals surface area (Å²) in [6, 6.07) is 8.21. The third-order valence-electron chi connectivity index (χ3n) is 5.37. The van der Waals surface area contributed by atoms with E-state index in [0.29, 0.717) is 42.4 Å². The smallest absolute Gasteiger partial charge is 0.295 e. The lowest BCUT2D eigenvalue weighted by molar-refractivity contribution is -0.132. The van der Waals surface area contributed by atoms with E-state index in [1.807, 2.05) is 13.8 Å². The largest absolute Gasteiger partial charge is 0.375 e. The number of nitrogens with one attached hydrogen (secondary N) is 1. The Morgan fingerprint density at radius 2 is 1.97 bits per heavy atom. The van der Waals surface area contributed by atoms with Gasteiger partial charge in [0.05, 0.1) is 12.1 Å². The lowest BCUT2D eigenvalue weighted by atomic mass is 9.99. The van der Waals surface area contributed by atoms with Crippen LogP contribution in [0.2, 0.25) is 0 Å². The van der Waals surface area contributed by atoms with Gasteiger partial charge < -0.3 is 15.0 Å². The molecule has 0 spiro atoms. The first-order chi connectivity index (χ1) is 14.4. The van der Waals surface area contributed by atoms with Crippen molar-refractivity contribution in [3.8, 4) is 0 Å². The molecule has 3 rings (SSSR count). The maximum absolute atomic E-state index is 12.7. The molecule has 1 aromatic carbocycles. The first kappa shape index (κ1) is 22.2. The fourth-order valence-electron chi connectivity index (χ4n) is 3.67. The summed E-state index contributed by atoms with van der Waals surface area (Å²) in [5.41, 5.74) is 1.70. The molecule has 0 saturated carbocycles. The number of halogens is 1. The van der Waals surface area contributed by atoms with Crippen LogP contribution in [0.1, 0.15) is 43.5 Å². The van der Waals surface area contributed by atoms with Crippen molar-refractivity contribution in [2.75, 3.05) is 19.7 Å². The van der Waals surface area contributed by atoms with Gasteiger partial charge in [-0.25, -0.2) is 4.99 Å². The zero-order valence-corrected chi connectivity index (χ0v) is 17.9. The SMILES string of the molecule is CCO[C@H]1CN(C(=O)C(=O)c2ccccc2)CC[C@H]1NC(=O)C1=NC(Cl)=C(CC)C1. The Bertz CT molecular complexity index is 882. The average Bonchev–Trinajstić information content (AvgIpc) is 3.15. The summed E-state index contributed by atoms with van der Waals surface area (Å²) >= 11 is 6.08. The third kappa shape index (κ3) is 4.96. The maximum atomic E-state index is 12.7. The van der Waals surface area contributed by atoms with Crippen molar-refractivity contribution in [1.29, 1.82) is 0 Å². The Labute approximate surface area is 181 Å². The van der Waals surface area contributed by atoms with Crippen molar-refractivity contribution in [3.05, 3.63) is 46.6 Å². The molecule has 1 saturated heterocycles. The summed E-state index contributed by atoms with van der Waals surface area (Å²) in [6.07, 6.45) is 1.27. The van der Waals surface area contributed by atoms with Gasteiger partial charge in [0, 0.05) is 31.7 Å². The summed E-state index contributed by atoms with van der Waals surface area (Å²) in [5.74, 6) is -1.37. The quantitative estimate of drug-likeness (QED) is 0.408. The number of piperidine rings is 1. The van der Waals surface area contributed by atoms with Gasteiger partial charge in [-0.05, 0) is 25.3 Å². The number of benzene rings is 1. The van der Waals surface area contributed by atoms with Crippen LogP contribution >= 0.6 is 11.6 Å². The van der Waals surface area contributed by atoms with Crippen molar-refractivity contribution in [3.63, 3.8) is 0 Å². The van der Waals surface area contributed by atoms with Crippen LogP contribution in [-0.4, -0.2) is 60.1 Å². The van der Waals surface area contributed by atoms with Gasteiger partial charge in [0.15, 0.2) is 0 Å². The number of ketones is 1. The van der Waals surface area contributed by atoms with E-state index < -0.39 is 17.8 Å². The number of carbonyl (C=O) groups is 3. The Balaban J connectivity index is 1.63. The van der Waals surface area contributed by atoms with Gasteiger partial charge in [0.2, 0.25) is 5.78 Å². The molecular weight excluding hydrogens is 406 g/mol. The number of likely N-dealkylation sites (tertiary alicyclic amines) is 1. The fourth-order valence-corrected chi connectivity index (χ4v) is 3.97. The predicted octanol–water partition coefficient (Wildman–Crippen LogP) is 2.70. The zero-order valence-electron chi connectivity index (χ0n) is 17.2. The summed E-state index contributed by atoms with van der Waals surface area (Å²) < 4.78 is 5.79. The topological polar surface area (TPSA) is 88.1 Å². The van der Waals surface area contributed by atoms with Crippen LogP contribution in [0.15, 0.2) is 46.1 Å². The molecule has 2 amide bonds. The molecule has 1 aromatic rings. The first-order valence-corrected chi connectivity index (χ1v) is 10.6. The number of rotatable bonds is 7. The molecule has 160 valence electrons. The van der Waals surface area contributed by atoms with Crippen LogP contribution in [-0.2, 0) is 14.3 Å². The van der Waals surface area contributed by atoms with E-state index in [1.54, 1.807) is 30.3 Å². The molecule has 2 atom stereocenters. The van der Waals surface area contributed by atoms with Crippen LogP contribution in [0.25, 0.3) is 0 Å². The summed E-state index contributed by atoms with van der Waals surface area (Å²) in [4.78, 5) is 43.5. The van der Waals surface area contributed by atoms with Crippen molar-refractivity contribution in [2.24, 2.45) is 4.99 Å². The molecule has 7 nitrogen and oxygen atoms in total. The predicted molar refractivity (Wildman–Crippen MR) is 115 cm³/mol. The minimum Gasteiger partial charge on any atom is -0.375 e. The number of amides is 2. The number of hydrogen-bond acceptors (Lipinski definition) is 5. The molecule has 0 bridgehead atoms. The molecular formula is C22H26ClN3O4. The van der Waals surface area contributed by atoms with Crippen molar-refractivity contribution in [1.82, 2.24) is 10.2 Å². The number of carbonyl (C=O) groups excluding carboxylic acids is 3. The second-order valence-electron chi connectivity index (χ2n) is 7.29. The van der Waals surface area contributed by atoms with Crippen LogP contribution in [0.5, 0.6) is 0 Å². The van der Waals surface area contributed by atoms with E-state index in [2.05, 4.69) is 10.3 Å². The second kappa shape index (κ2) is 10.00. The molecule has 0 unspecified atom stereocenters. The van der Waals surface area contributed by atoms with Crippen molar-refractivity contribution in [2.45, 2.75) is 45.3 Å². The molecule has 2 aliphatic heterocycles. The average molecular weight is 432 g/mol. The highest BCUT2D eigenvalue weighted by Gasteiger charge is 2.36. The second-order valence-corrected chi connectivity index (χ2v) is 7.65. The van der Waals surface area contributed by atoms with Gasteiger partial charge in [-0.2, -0.15) is 0 Å². The number of hydrogen-bond donors (Lipinski definition) is 1. The van der Waals surface area contributed by atoms with E-state index in [1.165, 1.54) is 4.90 Å². The Hall–Kier alpha value is -2.51. The first-order valence-electron chi connectivity index (χ1n) is 10.2. The number of nitrogens with zero attached hydrogens (tertiary/aromatic N) is 2. The molecule has 0 aliphatic carbocycles. The minimum atomic E-state index is -0.556. The number of Topliss-reactive ketones (excluding diaryl/α,β-unsaturated/α-hetero) is 1. The number of aliphatic imine (C=N–C) groups is 1. The van der Waals surface area contributed by atoms with Gasteiger partial charge in [0.25, 0.3) is 11.8 Å². The van der Waals surface area contributed by atoms with E-state index >= 15 is 0 Å². The van der Waals surface area contributed by atoms with E-state index in [0.717, 1.165) is 12.0 Å². The van der Waals surface area contributed by atoms with Crippen LogP contribution < -0.4 is 5.32 Å². The lowest BCUT2D eigenvalue weighted by Gasteiger charge is -2.38. The van der Waals surface area contributed by atoms with Crippen LogP contribution in [0, 0.1) is 0 Å². The van der Waals surface area contributed by atoms with E-state index in [-0.39, 0.29) is 18.5 Å². The Kier molecular flexibility index (Phi) is 7.39. The van der Waals surface area contributed by atoms with Gasteiger partial charge in [-0.3, -0.25) is 14.4 Å². The monoisotopic (exact) mass is 431 g/mol. The third-order valence-corrected chi connectivity index (χ3v) is 5.72. The highest BCUT2D eigenvalue weighted by atomic mass is 35.5. The maximum Gasteiger partial charge on any atom is 0.295 e. The number of ether oxygens (including phenoxy) is 1. The van der Waals surface area contributed by atoms with E-state index in [9.17, 15) is 14.4 Å². The molecule has 8 heteroatoms. The molecule has 0 radical (unpaired) electrons.